The van der Waals surface area contributed by atoms with Crippen LogP contribution in [0.2, 0.25) is 0 Å². The molecular formula is C19H28N4OS. The van der Waals surface area contributed by atoms with Crippen LogP contribution < -0.4 is 15.4 Å². The fourth-order valence-corrected chi connectivity index (χ4v) is 2.85. The molecule has 1 aromatic carbocycles. The Labute approximate surface area is 154 Å². The van der Waals surface area contributed by atoms with E-state index in [4.69, 9.17) is 4.74 Å². The molecule has 0 aliphatic rings. The predicted molar refractivity (Wildman–Crippen MR) is 106 cm³/mol. The Hall–Kier alpha value is -2.08. The first-order chi connectivity index (χ1) is 12.1. The van der Waals surface area contributed by atoms with Gasteiger partial charge in [0, 0.05) is 31.9 Å². The topological polar surface area (TPSA) is 58.5 Å². The number of hydrogen-bond acceptors (Lipinski definition) is 4. The van der Waals surface area contributed by atoms with Crippen molar-refractivity contribution in [2.75, 3.05) is 20.2 Å². The summed E-state index contributed by atoms with van der Waals surface area (Å²) in [6, 6.07) is 8.18. The highest BCUT2D eigenvalue weighted by Crippen LogP contribution is 2.13. The average molecular weight is 361 g/mol. The number of nitrogens with one attached hydrogen (secondary N) is 2. The van der Waals surface area contributed by atoms with Gasteiger partial charge in [-0.05, 0) is 30.5 Å². The van der Waals surface area contributed by atoms with E-state index >= 15 is 0 Å². The molecule has 2 rings (SSSR count). The van der Waals surface area contributed by atoms with Crippen LogP contribution in [0.3, 0.4) is 0 Å². The SMILES string of the molecule is CN=C(NCCc1csc(C)n1)NCc1ccc(OCC(C)C)cc1. The highest BCUT2D eigenvalue weighted by molar-refractivity contribution is 7.09. The second-order valence-corrected chi connectivity index (χ2v) is 7.37. The van der Waals surface area contributed by atoms with Gasteiger partial charge in [0.25, 0.3) is 0 Å². The summed E-state index contributed by atoms with van der Waals surface area (Å²) >= 11 is 1.69. The van der Waals surface area contributed by atoms with Crippen molar-refractivity contribution in [3.8, 4) is 5.75 Å². The van der Waals surface area contributed by atoms with Gasteiger partial charge in [-0.25, -0.2) is 4.98 Å². The van der Waals surface area contributed by atoms with Gasteiger partial charge in [0.15, 0.2) is 5.96 Å². The Kier molecular flexibility index (Phi) is 7.73. The van der Waals surface area contributed by atoms with Gasteiger partial charge in [-0.3, -0.25) is 4.99 Å². The third-order valence-corrected chi connectivity index (χ3v) is 4.35. The van der Waals surface area contributed by atoms with Crippen LogP contribution in [-0.4, -0.2) is 31.1 Å². The average Bonchev–Trinajstić information content (AvgIpc) is 3.02. The maximum absolute atomic E-state index is 5.70. The molecule has 1 aromatic heterocycles. The monoisotopic (exact) mass is 360 g/mol. The van der Waals surface area contributed by atoms with Gasteiger partial charge in [0.2, 0.25) is 0 Å². The number of guanidine groups is 1. The lowest BCUT2D eigenvalue weighted by atomic mass is 10.2. The number of aliphatic imine (C=N–C) groups is 1. The van der Waals surface area contributed by atoms with Crippen molar-refractivity contribution in [1.82, 2.24) is 15.6 Å². The first-order valence-electron chi connectivity index (χ1n) is 8.64. The van der Waals surface area contributed by atoms with Gasteiger partial charge >= 0.3 is 0 Å². The second-order valence-electron chi connectivity index (χ2n) is 6.31. The van der Waals surface area contributed by atoms with Crippen LogP contribution in [0.5, 0.6) is 5.75 Å². The number of nitrogens with zero attached hydrogens (tertiary/aromatic N) is 2. The molecule has 0 unspecified atom stereocenters. The van der Waals surface area contributed by atoms with E-state index in [1.165, 1.54) is 5.56 Å². The minimum absolute atomic E-state index is 0.531. The quantitative estimate of drug-likeness (QED) is 0.560. The van der Waals surface area contributed by atoms with Crippen LogP contribution in [0.1, 0.15) is 30.1 Å². The molecule has 0 amide bonds. The van der Waals surface area contributed by atoms with Crippen molar-refractivity contribution in [3.05, 3.63) is 45.9 Å². The van der Waals surface area contributed by atoms with Crippen molar-refractivity contribution in [3.63, 3.8) is 0 Å². The van der Waals surface area contributed by atoms with Gasteiger partial charge in [-0.15, -0.1) is 11.3 Å². The summed E-state index contributed by atoms with van der Waals surface area (Å²) in [4.78, 5) is 8.73. The molecule has 2 N–H and O–H groups in total. The predicted octanol–water partition coefficient (Wildman–Crippen LogP) is 3.39. The Balaban J connectivity index is 1.72. The van der Waals surface area contributed by atoms with E-state index in [2.05, 4.69) is 52.0 Å². The highest BCUT2D eigenvalue weighted by atomic mass is 32.1. The molecule has 0 atom stereocenters. The lowest BCUT2D eigenvalue weighted by molar-refractivity contribution is 0.271. The van der Waals surface area contributed by atoms with Gasteiger partial charge in [0.1, 0.15) is 5.75 Å². The van der Waals surface area contributed by atoms with Crippen molar-refractivity contribution in [2.24, 2.45) is 10.9 Å². The van der Waals surface area contributed by atoms with Crippen molar-refractivity contribution >= 4 is 17.3 Å². The molecule has 5 nitrogen and oxygen atoms in total. The highest BCUT2D eigenvalue weighted by Gasteiger charge is 2.02. The Bertz CT molecular complexity index is 664. The van der Waals surface area contributed by atoms with Crippen molar-refractivity contribution in [2.45, 2.75) is 33.7 Å². The molecule has 136 valence electrons. The molecule has 0 saturated carbocycles. The van der Waals surface area contributed by atoms with Crippen LogP contribution in [0.15, 0.2) is 34.6 Å². The Morgan fingerprint density at radius 1 is 1.24 bits per heavy atom. The third kappa shape index (κ3) is 7.13. The van der Waals surface area contributed by atoms with Crippen LogP contribution >= 0.6 is 11.3 Å². The largest absolute Gasteiger partial charge is 0.493 e. The van der Waals surface area contributed by atoms with E-state index in [-0.39, 0.29) is 0 Å². The summed E-state index contributed by atoms with van der Waals surface area (Å²) in [6.07, 6.45) is 0.896. The molecule has 0 spiro atoms. The fraction of sp³-hybridized carbons (Fsp3) is 0.474. The molecule has 2 aromatic rings. The summed E-state index contributed by atoms with van der Waals surface area (Å²) in [5.74, 6) is 2.24. The number of thiazole rings is 1. The second kappa shape index (κ2) is 10.0. The molecule has 0 fully saturated rings. The molecule has 1 heterocycles. The van der Waals surface area contributed by atoms with E-state index in [9.17, 15) is 0 Å². The number of hydrogen-bond donors (Lipinski definition) is 2. The fourth-order valence-electron chi connectivity index (χ4n) is 2.20. The molecule has 0 saturated heterocycles. The maximum Gasteiger partial charge on any atom is 0.191 e. The zero-order valence-electron chi connectivity index (χ0n) is 15.5. The van der Waals surface area contributed by atoms with Crippen LogP contribution in [0.4, 0.5) is 0 Å². The summed E-state index contributed by atoms with van der Waals surface area (Å²) in [7, 11) is 1.78. The number of aromatic nitrogens is 1. The van der Waals surface area contributed by atoms with E-state index in [0.29, 0.717) is 5.92 Å². The van der Waals surface area contributed by atoms with Gasteiger partial charge in [-0.1, -0.05) is 26.0 Å². The van der Waals surface area contributed by atoms with Crippen molar-refractivity contribution < 1.29 is 4.74 Å². The molecule has 0 radical (unpaired) electrons. The molecular weight excluding hydrogens is 332 g/mol. The normalized spacial score (nSPS) is 11.6. The number of benzene rings is 1. The van der Waals surface area contributed by atoms with Crippen LogP contribution in [0.25, 0.3) is 0 Å². The summed E-state index contributed by atoms with van der Waals surface area (Å²) < 4.78 is 5.70. The molecule has 6 heteroatoms. The lowest BCUT2D eigenvalue weighted by Gasteiger charge is -2.12. The smallest absolute Gasteiger partial charge is 0.191 e. The van der Waals surface area contributed by atoms with E-state index in [1.54, 1.807) is 18.4 Å². The first kappa shape index (κ1) is 19.2. The van der Waals surface area contributed by atoms with E-state index < -0.39 is 0 Å². The van der Waals surface area contributed by atoms with Gasteiger partial charge < -0.3 is 15.4 Å². The van der Waals surface area contributed by atoms with Crippen LogP contribution in [0, 0.1) is 12.8 Å². The van der Waals surface area contributed by atoms with Crippen molar-refractivity contribution in [1.29, 1.82) is 0 Å². The van der Waals surface area contributed by atoms with E-state index in [1.807, 2.05) is 19.1 Å². The zero-order valence-corrected chi connectivity index (χ0v) is 16.3. The lowest BCUT2D eigenvalue weighted by Crippen LogP contribution is -2.37. The minimum atomic E-state index is 0.531. The summed E-state index contributed by atoms with van der Waals surface area (Å²) in [6.45, 7) is 8.59. The molecule has 25 heavy (non-hydrogen) atoms. The Morgan fingerprint density at radius 3 is 2.60 bits per heavy atom. The number of aryl methyl sites for hydroxylation is 1. The van der Waals surface area contributed by atoms with E-state index in [0.717, 1.165) is 48.5 Å². The molecule has 0 aliphatic carbocycles. The summed E-state index contributed by atoms with van der Waals surface area (Å²) in [5.41, 5.74) is 2.32. The molecule has 0 bridgehead atoms. The van der Waals surface area contributed by atoms with Gasteiger partial charge in [0.05, 0.1) is 17.3 Å². The standard InChI is InChI=1S/C19H28N4OS/c1-14(2)12-24-18-7-5-16(6-8-18)11-22-19(20-4)21-10-9-17-13-25-15(3)23-17/h5-8,13-14H,9-12H2,1-4H3,(H2,20,21,22). The zero-order chi connectivity index (χ0) is 18.1. The maximum atomic E-state index is 5.70. The van der Waals surface area contributed by atoms with Gasteiger partial charge in [-0.2, -0.15) is 0 Å². The third-order valence-electron chi connectivity index (χ3n) is 3.53. The number of rotatable bonds is 8. The first-order valence-corrected chi connectivity index (χ1v) is 9.52. The minimum Gasteiger partial charge on any atom is -0.493 e. The number of ether oxygens (including phenoxy) is 1. The Morgan fingerprint density at radius 2 is 2.00 bits per heavy atom. The molecule has 0 aliphatic heterocycles. The van der Waals surface area contributed by atoms with Crippen LogP contribution in [-0.2, 0) is 13.0 Å². The summed E-state index contributed by atoms with van der Waals surface area (Å²) in [5, 5.41) is 9.86.